The Bertz CT molecular complexity index is 1390. The normalized spacial score (nSPS) is 11.4. The van der Waals surface area contributed by atoms with Gasteiger partial charge in [0.15, 0.2) is 0 Å². The summed E-state index contributed by atoms with van der Waals surface area (Å²) in [5.74, 6) is -1.08. The van der Waals surface area contributed by atoms with Crippen molar-refractivity contribution in [3.8, 4) is 0 Å². The Labute approximate surface area is 213 Å². The van der Waals surface area contributed by atoms with E-state index >= 15 is 0 Å². The zero-order chi connectivity index (χ0) is 25.5. The second-order valence-electron chi connectivity index (χ2n) is 8.16. The predicted octanol–water partition coefficient (Wildman–Crippen LogP) is 5.82. The van der Waals surface area contributed by atoms with Gasteiger partial charge in [-0.2, -0.15) is 0 Å². The van der Waals surface area contributed by atoms with E-state index < -0.39 is 11.2 Å². The molecule has 6 nitrogen and oxygen atoms in total. The molecule has 4 N–H and O–H groups in total. The molecule has 3 amide bonds. The molecule has 0 saturated carbocycles. The van der Waals surface area contributed by atoms with E-state index in [1.165, 1.54) is 11.8 Å². The Morgan fingerprint density at radius 1 is 0.778 bits per heavy atom. The molecule has 0 aliphatic heterocycles. The Morgan fingerprint density at radius 2 is 1.47 bits per heavy atom. The lowest BCUT2D eigenvalue weighted by atomic mass is 10.1. The predicted molar refractivity (Wildman–Crippen MR) is 144 cm³/mol. The fourth-order valence-corrected chi connectivity index (χ4v) is 4.67. The smallest absolute Gasteiger partial charge is 0.255 e. The maximum absolute atomic E-state index is 13.3. The van der Waals surface area contributed by atoms with Gasteiger partial charge in [0, 0.05) is 16.1 Å². The molecule has 0 bridgehead atoms. The molecule has 36 heavy (non-hydrogen) atoms. The monoisotopic (exact) mass is 495 g/mol. The van der Waals surface area contributed by atoms with E-state index in [4.69, 9.17) is 5.73 Å². The average molecular weight is 496 g/mol. The van der Waals surface area contributed by atoms with Gasteiger partial charge in [-0.15, -0.1) is 11.8 Å². The quantitative estimate of drug-likeness (QED) is 0.268. The van der Waals surface area contributed by atoms with Gasteiger partial charge in [0.1, 0.15) is 5.25 Å². The van der Waals surface area contributed by atoms with Crippen molar-refractivity contribution in [2.75, 3.05) is 10.6 Å². The van der Waals surface area contributed by atoms with Crippen molar-refractivity contribution < 1.29 is 14.4 Å². The fraction of sp³-hybridized carbons (Fsp3) is 0.0690. The fourth-order valence-electron chi connectivity index (χ4n) is 3.65. The SMILES string of the molecule is Cc1cccc(C(=O)Nc2ccc(SC(C(=O)Nc3ccccc3C(N)=O)c3ccccc3)cc2)c1. The average Bonchev–Trinajstić information content (AvgIpc) is 2.89. The summed E-state index contributed by atoms with van der Waals surface area (Å²) in [5, 5.41) is 5.17. The third-order valence-electron chi connectivity index (χ3n) is 5.44. The summed E-state index contributed by atoms with van der Waals surface area (Å²) in [6, 6.07) is 30.8. The van der Waals surface area contributed by atoms with E-state index in [9.17, 15) is 14.4 Å². The number of thioether (sulfide) groups is 1. The van der Waals surface area contributed by atoms with Crippen molar-refractivity contribution in [1.29, 1.82) is 0 Å². The molecule has 0 aliphatic carbocycles. The van der Waals surface area contributed by atoms with Crippen molar-refractivity contribution in [3.63, 3.8) is 0 Å². The molecule has 1 atom stereocenters. The largest absolute Gasteiger partial charge is 0.366 e. The number of hydrogen-bond acceptors (Lipinski definition) is 4. The van der Waals surface area contributed by atoms with Gasteiger partial charge in [0.05, 0.1) is 11.3 Å². The van der Waals surface area contributed by atoms with Crippen molar-refractivity contribution in [2.45, 2.75) is 17.1 Å². The summed E-state index contributed by atoms with van der Waals surface area (Å²) >= 11 is 1.37. The van der Waals surface area contributed by atoms with Crippen LogP contribution < -0.4 is 16.4 Å². The Morgan fingerprint density at radius 3 is 2.17 bits per heavy atom. The van der Waals surface area contributed by atoms with E-state index in [0.29, 0.717) is 16.9 Å². The number of para-hydroxylation sites is 1. The van der Waals surface area contributed by atoms with E-state index in [-0.39, 0.29) is 17.4 Å². The summed E-state index contributed by atoms with van der Waals surface area (Å²) in [6.07, 6.45) is 0. The number of amides is 3. The first-order chi connectivity index (χ1) is 17.4. The van der Waals surface area contributed by atoms with Crippen LogP contribution in [0.5, 0.6) is 0 Å². The maximum Gasteiger partial charge on any atom is 0.255 e. The van der Waals surface area contributed by atoms with E-state index in [1.54, 1.807) is 42.5 Å². The van der Waals surface area contributed by atoms with Gasteiger partial charge in [0.25, 0.3) is 11.8 Å². The molecule has 0 fully saturated rings. The van der Waals surface area contributed by atoms with Crippen LogP contribution in [0.3, 0.4) is 0 Å². The van der Waals surface area contributed by atoms with E-state index in [0.717, 1.165) is 16.0 Å². The third-order valence-corrected chi connectivity index (χ3v) is 6.70. The number of rotatable bonds is 8. The molecule has 0 radical (unpaired) electrons. The molecule has 4 rings (SSSR count). The van der Waals surface area contributed by atoms with Crippen LogP contribution in [0, 0.1) is 6.92 Å². The first kappa shape index (κ1) is 24.8. The topological polar surface area (TPSA) is 101 Å². The van der Waals surface area contributed by atoms with Crippen LogP contribution in [-0.4, -0.2) is 17.7 Å². The molecule has 0 heterocycles. The van der Waals surface area contributed by atoms with Crippen LogP contribution in [0.4, 0.5) is 11.4 Å². The lowest BCUT2D eigenvalue weighted by Gasteiger charge is -2.18. The second-order valence-corrected chi connectivity index (χ2v) is 9.33. The van der Waals surface area contributed by atoms with Crippen molar-refractivity contribution in [3.05, 3.63) is 125 Å². The third kappa shape index (κ3) is 6.20. The summed E-state index contributed by atoms with van der Waals surface area (Å²) in [7, 11) is 0. The number of benzene rings is 4. The van der Waals surface area contributed by atoms with Crippen LogP contribution in [0.15, 0.2) is 108 Å². The summed E-state index contributed by atoms with van der Waals surface area (Å²) in [4.78, 5) is 38.5. The zero-order valence-corrected chi connectivity index (χ0v) is 20.4. The van der Waals surface area contributed by atoms with Gasteiger partial charge in [0.2, 0.25) is 5.91 Å². The number of carbonyl (C=O) groups excluding carboxylic acids is 3. The number of aryl methyl sites for hydroxylation is 1. The molecular formula is C29H25N3O3S. The zero-order valence-electron chi connectivity index (χ0n) is 19.6. The molecule has 0 aromatic heterocycles. The minimum atomic E-state index is -0.613. The van der Waals surface area contributed by atoms with Crippen LogP contribution in [-0.2, 0) is 4.79 Å². The standard InChI is InChI=1S/C29H25N3O3S/c1-19-8-7-11-21(18-19)28(34)31-22-14-16-23(17-15-22)36-26(20-9-3-2-4-10-20)29(35)32-25-13-6-5-12-24(25)27(30)33/h2-18,26H,1H3,(H2,30,33)(H,31,34)(H,32,35). The Kier molecular flexibility index (Phi) is 7.82. The van der Waals surface area contributed by atoms with E-state index in [2.05, 4.69) is 10.6 Å². The van der Waals surface area contributed by atoms with Crippen LogP contribution in [0.1, 0.15) is 37.1 Å². The number of carbonyl (C=O) groups is 3. The lowest BCUT2D eigenvalue weighted by Crippen LogP contribution is -2.22. The highest BCUT2D eigenvalue weighted by Crippen LogP contribution is 2.37. The molecule has 180 valence electrons. The molecule has 4 aromatic carbocycles. The Balaban J connectivity index is 1.51. The van der Waals surface area contributed by atoms with Crippen LogP contribution in [0.2, 0.25) is 0 Å². The van der Waals surface area contributed by atoms with Gasteiger partial charge in [-0.25, -0.2) is 0 Å². The summed E-state index contributed by atoms with van der Waals surface area (Å²) in [5.41, 5.74) is 9.15. The van der Waals surface area contributed by atoms with Gasteiger partial charge in [-0.3, -0.25) is 14.4 Å². The van der Waals surface area contributed by atoms with Crippen LogP contribution >= 0.6 is 11.8 Å². The lowest BCUT2D eigenvalue weighted by molar-refractivity contribution is -0.115. The van der Waals surface area contributed by atoms with Gasteiger partial charge >= 0.3 is 0 Å². The number of primary amides is 1. The Hall–Kier alpha value is -4.36. The molecule has 4 aromatic rings. The van der Waals surface area contributed by atoms with Gasteiger partial charge in [-0.1, -0.05) is 60.2 Å². The van der Waals surface area contributed by atoms with Crippen LogP contribution in [0.25, 0.3) is 0 Å². The molecular weight excluding hydrogens is 470 g/mol. The highest BCUT2D eigenvalue weighted by Gasteiger charge is 2.23. The number of anilines is 2. The number of nitrogens with two attached hydrogens (primary N) is 1. The molecule has 0 spiro atoms. The van der Waals surface area contributed by atoms with Gasteiger partial charge < -0.3 is 16.4 Å². The number of nitrogens with one attached hydrogen (secondary N) is 2. The molecule has 1 unspecified atom stereocenters. The molecule has 0 saturated heterocycles. The number of hydrogen-bond donors (Lipinski definition) is 3. The van der Waals surface area contributed by atoms with Crippen molar-refractivity contribution in [1.82, 2.24) is 0 Å². The minimum absolute atomic E-state index is 0.186. The molecule has 7 heteroatoms. The summed E-state index contributed by atoms with van der Waals surface area (Å²) < 4.78 is 0. The first-order valence-electron chi connectivity index (χ1n) is 11.3. The maximum atomic E-state index is 13.3. The van der Waals surface area contributed by atoms with Gasteiger partial charge in [-0.05, 0) is 61.0 Å². The highest BCUT2D eigenvalue weighted by molar-refractivity contribution is 8.00. The van der Waals surface area contributed by atoms with Crippen molar-refractivity contribution >= 4 is 40.9 Å². The second kappa shape index (κ2) is 11.4. The highest BCUT2D eigenvalue weighted by atomic mass is 32.2. The van der Waals surface area contributed by atoms with E-state index in [1.807, 2.05) is 67.6 Å². The minimum Gasteiger partial charge on any atom is -0.366 e. The van der Waals surface area contributed by atoms with Crippen molar-refractivity contribution in [2.24, 2.45) is 5.73 Å². The molecule has 0 aliphatic rings. The first-order valence-corrected chi connectivity index (χ1v) is 12.2. The summed E-state index contributed by atoms with van der Waals surface area (Å²) in [6.45, 7) is 1.94.